The molecule has 1 N–H and O–H groups in total. The SMILES string of the molecule is Cc1ccc(OCCNC(=O)CSc2ccc(C)c(C)c2)cc1. The maximum atomic E-state index is 11.8. The predicted octanol–water partition coefficient (Wildman–Crippen LogP) is 3.90. The van der Waals surface area contributed by atoms with E-state index in [4.69, 9.17) is 4.74 Å². The van der Waals surface area contributed by atoms with Crippen molar-refractivity contribution in [3.05, 3.63) is 59.2 Å². The first-order valence-electron chi connectivity index (χ1n) is 7.71. The predicted molar refractivity (Wildman–Crippen MR) is 96.3 cm³/mol. The molecule has 122 valence electrons. The molecule has 4 heteroatoms. The number of nitrogens with one attached hydrogen (secondary N) is 1. The van der Waals surface area contributed by atoms with Crippen LogP contribution in [0.15, 0.2) is 47.4 Å². The summed E-state index contributed by atoms with van der Waals surface area (Å²) in [5, 5.41) is 2.88. The molecule has 0 aliphatic rings. The van der Waals surface area contributed by atoms with Crippen LogP contribution < -0.4 is 10.1 Å². The van der Waals surface area contributed by atoms with Crippen LogP contribution in [0.5, 0.6) is 5.75 Å². The molecule has 2 rings (SSSR count). The van der Waals surface area contributed by atoms with Crippen molar-refractivity contribution in [3.8, 4) is 5.75 Å². The first-order chi connectivity index (χ1) is 11.0. The van der Waals surface area contributed by atoms with Gasteiger partial charge in [0.15, 0.2) is 0 Å². The Balaban J connectivity index is 1.65. The lowest BCUT2D eigenvalue weighted by Crippen LogP contribution is -2.29. The van der Waals surface area contributed by atoms with E-state index in [1.54, 1.807) is 11.8 Å². The molecule has 0 saturated carbocycles. The number of benzene rings is 2. The van der Waals surface area contributed by atoms with Crippen molar-refractivity contribution in [3.63, 3.8) is 0 Å². The molecular weight excluding hydrogens is 306 g/mol. The Morgan fingerprint density at radius 2 is 1.78 bits per heavy atom. The second-order valence-electron chi connectivity index (χ2n) is 5.55. The highest BCUT2D eigenvalue weighted by Gasteiger charge is 2.03. The highest BCUT2D eigenvalue weighted by atomic mass is 32.2. The van der Waals surface area contributed by atoms with Gasteiger partial charge in [0.1, 0.15) is 12.4 Å². The van der Waals surface area contributed by atoms with Gasteiger partial charge in [-0.15, -0.1) is 11.8 Å². The van der Waals surface area contributed by atoms with E-state index >= 15 is 0 Å². The Morgan fingerprint density at radius 1 is 1.04 bits per heavy atom. The maximum Gasteiger partial charge on any atom is 0.230 e. The monoisotopic (exact) mass is 329 g/mol. The zero-order chi connectivity index (χ0) is 16.7. The number of hydrogen-bond donors (Lipinski definition) is 1. The van der Waals surface area contributed by atoms with Gasteiger partial charge in [0, 0.05) is 4.90 Å². The van der Waals surface area contributed by atoms with Gasteiger partial charge >= 0.3 is 0 Å². The molecule has 0 atom stereocenters. The van der Waals surface area contributed by atoms with Crippen LogP contribution in [-0.2, 0) is 4.79 Å². The molecule has 2 aromatic rings. The molecule has 0 heterocycles. The molecule has 0 radical (unpaired) electrons. The standard InChI is InChI=1S/C19H23NO2S/c1-14-4-7-17(8-5-14)22-11-10-20-19(21)13-23-18-9-6-15(2)16(3)12-18/h4-9,12H,10-11,13H2,1-3H3,(H,20,21). The molecule has 0 spiro atoms. The van der Waals surface area contributed by atoms with Crippen LogP contribution in [0.25, 0.3) is 0 Å². The summed E-state index contributed by atoms with van der Waals surface area (Å²) in [7, 11) is 0. The molecule has 0 unspecified atom stereocenters. The summed E-state index contributed by atoms with van der Waals surface area (Å²) in [4.78, 5) is 13.0. The van der Waals surface area contributed by atoms with Crippen LogP contribution in [0.3, 0.4) is 0 Å². The minimum Gasteiger partial charge on any atom is -0.492 e. The van der Waals surface area contributed by atoms with Gasteiger partial charge in [-0.3, -0.25) is 4.79 Å². The van der Waals surface area contributed by atoms with Crippen molar-refractivity contribution in [1.29, 1.82) is 0 Å². The normalized spacial score (nSPS) is 10.4. The highest BCUT2D eigenvalue weighted by molar-refractivity contribution is 8.00. The van der Waals surface area contributed by atoms with E-state index in [0.29, 0.717) is 18.9 Å². The third kappa shape index (κ3) is 5.99. The van der Waals surface area contributed by atoms with Crippen molar-refractivity contribution in [2.45, 2.75) is 25.7 Å². The largest absolute Gasteiger partial charge is 0.492 e. The second-order valence-corrected chi connectivity index (χ2v) is 6.59. The van der Waals surface area contributed by atoms with Gasteiger partial charge < -0.3 is 10.1 Å². The number of amides is 1. The van der Waals surface area contributed by atoms with Crippen LogP contribution in [0.4, 0.5) is 0 Å². The minimum atomic E-state index is 0.0285. The molecule has 0 aromatic heterocycles. The first kappa shape index (κ1) is 17.4. The van der Waals surface area contributed by atoms with E-state index in [1.807, 2.05) is 31.2 Å². The summed E-state index contributed by atoms with van der Waals surface area (Å²) in [6.07, 6.45) is 0. The number of thioether (sulfide) groups is 1. The average molecular weight is 329 g/mol. The van der Waals surface area contributed by atoms with Gasteiger partial charge in [0.05, 0.1) is 12.3 Å². The molecule has 0 fully saturated rings. The van der Waals surface area contributed by atoms with E-state index in [0.717, 1.165) is 10.6 Å². The number of ether oxygens (including phenoxy) is 1. The zero-order valence-electron chi connectivity index (χ0n) is 13.9. The van der Waals surface area contributed by atoms with Crippen LogP contribution in [0.2, 0.25) is 0 Å². The van der Waals surface area contributed by atoms with Gasteiger partial charge in [-0.05, 0) is 56.2 Å². The molecule has 2 aromatic carbocycles. The summed E-state index contributed by atoms with van der Waals surface area (Å²) < 4.78 is 5.58. The second kappa shape index (κ2) is 8.63. The first-order valence-corrected chi connectivity index (χ1v) is 8.69. The number of hydrogen-bond acceptors (Lipinski definition) is 3. The van der Waals surface area contributed by atoms with Gasteiger partial charge in [-0.1, -0.05) is 23.8 Å². The lowest BCUT2D eigenvalue weighted by atomic mass is 10.1. The Labute approximate surface area is 142 Å². The van der Waals surface area contributed by atoms with Crippen molar-refractivity contribution in [1.82, 2.24) is 5.32 Å². The van der Waals surface area contributed by atoms with Crippen LogP contribution in [-0.4, -0.2) is 24.8 Å². The lowest BCUT2D eigenvalue weighted by Gasteiger charge is -2.08. The van der Waals surface area contributed by atoms with Gasteiger partial charge in [0.2, 0.25) is 5.91 Å². The molecule has 1 amide bonds. The summed E-state index contributed by atoms with van der Waals surface area (Å²) in [5.41, 5.74) is 3.72. The van der Waals surface area contributed by atoms with Gasteiger partial charge in [-0.2, -0.15) is 0 Å². The Bertz CT molecular complexity index is 653. The van der Waals surface area contributed by atoms with Crippen LogP contribution in [0, 0.1) is 20.8 Å². The molecule has 0 aliphatic heterocycles. The Kier molecular flexibility index (Phi) is 6.53. The van der Waals surface area contributed by atoms with Gasteiger partial charge in [-0.25, -0.2) is 0 Å². The molecule has 23 heavy (non-hydrogen) atoms. The van der Waals surface area contributed by atoms with Crippen molar-refractivity contribution < 1.29 is 9.53 Å². The summed E-state index contributed by atoms with van der Waals surface area (Å²) in [6.45, 7) is 7.20. The van der Waals surface area contributed by atoms with Gasteiger partial charge in [0.25, 0.3) is 0 Å². The number of carbonyl (C=O) groups excluding carboxylic acids is 1. The highest BCUT2D eigenvalue weighted by Crippen LogP contribution is 2.20. The quantitative estimate of drug-likeness (QED) is 0.618. The fourth-order valence-corrected chi connectivity index (χ4v) is 2.82. The molecule has 0 bridgehead atoms. The summed E-state index contributed by atoms with van der Waals surface area (Å²) in [5.74, 6) is 1.28. The number of carbonyl (C=O) groups is 1. The topological polar surface area (TPSA) is 38.3 Å². The summed E-state index contributed by atoms with van der Waals surface area (Å²) >= 11 is 1.55. The van der Waals surface area contributed by atoms with Crippen LogP contribution >= 0.6 is 11.8 Å². The number of rotatable bonds is 7. The number of aryl methyl sites for hydroxylation is 3. The van der Waals surface area contributed by atoms with E-state index in [-0.39, 0.29) is 5.91 Å². The van der Waals surface area contributed by atoms with Crippen molar-refractivity contribution >= 4 is 17.7 Å². The fourth-order valence-electron chi connectivity index (χ4n) is 2.00. The van der Waals surface area contributed by atoms with E-state index in [2.05, 4.69) is 37.4 Å². The van der Waals surface area contributed by atoms with E-state index in [1.165, 1.54) is 16.7 Å². The molecule has 0 saturated heterocycles. The Hall–Kier alpha value is -1.94. The zero-order valence-corrected chi connectivity index (χ0v) is 14.7. The average Bonchev–Trinajstić information content (AvgIpc) is 2.54. The van der Waals surface area contributed by atoms with Crippen molar-refractivity contribution in [2.24, 2.45) is 0 Å². The molecular formula is C19H23NO2S. The van der Waals surface area contributed by atoms with E-state index < -0.39 is 0 Å². The smallest absolute Gasteiger partial charge is 0.230 e. The molecule has 0 aliphatic carbocycles. The third-order valence-electron chi connectivity index (χ3n) is 3.56. The van der Waals surface area contributed by atoms with E-state index in [9.17, 15) is 4.79 Å². The maximum absolute atomic E-state index is 11.8. The van der Waals surface area contributed by atoms with Crippen molar-refractivity contribution in [2.75, 3.05) is 18.9 Å². The molecule has 3 nitrogen and oxygen atoms in total. The lowest BCUT2D eigenvalue weighted by molar-refractivity contribution is -0.118. The van der Waals surface area contributed by atoms with Crippen LogP contribution in [0.1, 0.15) is 16.7 Å². The third-order valence-corrected chi connectivity index (χ3v) is 4.56. The summed E-state index contributed by atoms with van der Waals surface area (Å²) in [6, 6.07) is 14.2. The minimum absolute atomic E-state index is 0.0285. The fraction of sp³-hybridized carbons (Fsp3) is 0.316. The Morgan fingerprint density at radius 3 is 2.48 bits per heavy atom.